The Balaban J connectivity index is 1.65. The van der Waals surface area contributed by atoms with Crippen LogP contribution in [-0.4, -0.2) is 22.5 Å². The smallest absolute Gasteiger partial charge is 0.239 e. The maximum Gasteiger partial charge on any atom is 0.239 e. The molecule has 1 saturated heterocycles. The van der Waals surface area contributed by atoms with Gasteiger partial charge in [0.05, 0.1) is 11.5 Å². The Bertz CT molecular complexity index is 819. The minimum absolute atomic E-state index is 0.0821. The van der Waals surface area contributed by atoms with Gasteiger partial charge in [-0.05, 0) is 25.0 Å². The number of amidine groups is 1. The number of hydrogen-bond acceptors (Lipinski definition) is 4. The SMILES string of the molecule is Cc1cccc(CC2S/C(=N\N=C\c3ccccc3F)NC2=O)c1. The second-order valence-corrected chi connectivity index (χ2v) is 6.65. The van der Waals surface area contributed by atoms with Crippen molar-refractivity contribution in [3.05, 3.63) is 71.0 Å². The normalized spacial score (nSPS) is 19.2. The molecule has 0 bridgehead atoms. The predicted octanol–water partition coefficient (Wildman–Crippen LogP) is 3.30. The first kappa shape index (κ1) is 16.4. The monoisotopic (exact) mass is 341 g/mol. The fourth-order valence-electron chi connectivity index (χ4n) is 2.36. The van der Waals surface area contributed by atoms with Crippen LogP contribution < -0.4 is 5.32 Å². The molecule has 3 rings (SSSR count). The molecule has 1 unspecified atom stereocenters. The van der Waals surface area contributed by atoms with Crippen molar-refractivity contribution < 1.29 is 9.18 Å². The summed E-state index contributed by atoms with van der Waals surface area (Å²) in [5, 5.41) is 10.7. The molecule has 0 aliphatic carbocycles. The molecule has 122 valence electrons. The number of carbonyl (C=O) groups excluding carboxylic acids is 1. The standard InChI is InChI=1S/C18H16FN3OS/c1-12-5-4-6-13(9-12)10-16-17(23)21-18(24-16)22-20-11-14-7-2-3-8-15(14)19/h2-9,11,16H,10H2,1H3,(H,21,22,23)/b20-11+. The second kappa shape index (κ2) is 7.40. The number of benzene rings is 2. The fraction of sp³-hybridized carbons (Fsp3) is 0.167. The van der Waals surface area contributed by atoms with Crippen LogP contribution in [0.2, 0.25) is 0 Å². The number of aryl methyl sites for hydroxylation is 1. The van der Waals surface area contributed by atoms with E-state index in [9.17, 15) is 9.18 Å². The molecular formula is C18H16FN3OS. The molecule has 1 amide bonds. The van der Waals surface area contributed by atoms with E-state index in [4.69, 9.17) is 0 Å². The van der Waals surface area contributed by atoms with Gasteiger partial charge in [-0.15, -0.1) is 5.10 Å². The van der Waals surface area contributed by atoms with Gasteiger partial charge in [0.25, 0.3) is 0 Å². The number of nitrogens with one attached hydrogen (secondary N) is 1. The van der Waals surface area contributed by atoms with Gasteiger partial charge >= 0.3 is 0 Å². The number of nitrogens with zero attached hydrogens (tertiary/aromatic N) is 2. The highest BCUT2D eigenvalue weighted by atomic mass is 32.2. The summed E-state index contributed by atoms with van der Waals surface area (Å²) in [5.41, 5.74) is 2.63. The molecule has 1 N–H and O–H groups in total. The van der Waals surface area contributed by atoms with E-state index in [1.54, 1.807) is 18.2 Å². The van der Waals surface area contributed by atoms with Gasteiger partial charge in [-0.1, -0.05) is 59.8 Å². The lowest BCUT2D eigenvalue weighted by Crippen LogP contribution is -2.25. The lowest BCUT2D eigenvalue weighted by atomic mass is 10.1. The molecular weight excluding hydrogens is 325 g/mol. The zero-order chi connectivity index (χ0) is 16.9. The molecule has 0 aromatic heterocycles. The molecule has 1 aliphatic heterocycles. The van der Waals surface area contributed by atoms with Crippen LogP contribution in [0.3, 0.4) is 0 Å². The Kier molecular flexibility index (Phi) is 5.05. The maximum atomic E-state index is 13.5. The predicted molar refractivity (Wildman–Crippen MR) is 95.8 cm³/mol. The minimum atomic E-state index is -0.359. The summed E-state index contributed by atoms with van der Waals surface area (Å²) >= 11 is 1.34. The number of amides is 1. The van der Waals surface area contributed by atoms with Crippen LogP contribution in [0.25, 0.3) is 0 Å². The van der Waals surface area contributed by atoms with Gasteiger partial charge < -0.3 is 5.32 Å². The van der Waals surface area contributed by atoms with E-state index in [1.165, 1.54) is 29.6 Å². The number of hydrogen-bond donors (Lipinski definition) is 1. The summed E-state index contributed by atoms with van der Waals surface area (Å²) in [6.07, 6.45) is 1.97. The van der Waals surface area contributed by atoms with Crippen LogP contribution in [0, 0.1) is 12.7 Å². The Morgan fingerprint density at radius 2 is 2.08 bits per heavy atom. The first-order valence-electron chi connectivity index (χ1n) is 7.50. The quantitative estimate of drug-likeness (QED) is 0.685. The van der Waals surface area contributed by atoms with E-state index >= 15 is 0 Å². The fourth-order valence-corrected chi connectivity index (χ4v) is 3.33. The molecule has 1 atom stereocenters. The van der Waals surface area contributed by atoms with Crippen molar-refractivity contribution in [3.8, 4) is 0 Å². The third kappa shape index (κ3) is 4.08. The Morgan fingerprint density at radius 3 is 2.88 bits per heavy atom. The summed E-state index contributed by atoms with van der Waals surface area (Å²) < 4.78 is 13.5. The van der Waals surface area contributed by atoms with Crippen LogP contribution in [-0.2, 0) is 11.2 Å². The topological polar surface area (TPSA) is 53.8 Å². The van der Waals surface area contributed by atoms with Crippen molar-refractivity contribution in [2.24, 2.45) is 10.2 Å². The van der Waals surface area contributed by atoms with Gasteiger partial charge in [0.2, 0.25) is 5.91 Å². The van der Waals surface area contributed by atoms with Crippen molar-refractivity contribution in [2.75, 3.05) is 0 Å². The largest absolute Gasteiger partial charge is 0.303 e. The van der Waals surface area contributed by atoms with Crippen molar-refractivity contribution in [3.63, 3.8) is 0 Å². The number of rotatable bonds is 4. The highest BCUT2D eigenvalue weighted by molar-refractivity contribution is 8.15. The molecule has 2 aromatic carbocycles. The molecule has 1 fully saturated rings. The van der Waals surface area contributed by atoms with E-state index in [2.05, 4.69) is 21.6 Å². The molecule has 2 aromatic rings. The summed E-state index contributed by atoms with van der Waals surface area (Å²) in [5.74, 6) is -0.441. The average molecular weight is 341 g/mol. The van der Waals surface area contributed by atoms with E-state index in [0.29, 0.717) is 17.2 Å². The summed E-state index contributed by atoms with van der Waals surface area (Å²) in [7, 11) is 0. The molecule has 0 saturated carbocycles. The number of thioether (sulfide) groups is 1. The van der Waals surface area contributed by atoms with Crippen molar-refractivity contribution in [1.29, 1.82) is 0 Å². The summed E-state index contributed by atoms with van der Waals surface area (Å²) in [6, 6.07) is 14.4. The van der Waals surface area contributed by atoms with E-state index < -0.39 is 0 Å². The number of carbonyl (C=O) groups is 1. The Morgan fingerprint density at radius 1 is 1.25 bits per heavy atom. The summed E-state index contributed by atoms with van der Waals surface area (Å²) in [4.78, 5) is 12.0. The second-order valence-electron chi connectivity index (χ2n) is 5.46. The van der Waals surface area contributed by atoms with E-state index in [-0.39, 0.29) is 17.0 Å². The molecule has 6 heteroatoms. The average Bonchev–Trinajstić information content (AvgIpc) is 2.89. The van der Waals surface area contributed by atoms with Gasteiger partial charge in [0, 0.05) is 5.56 Å². The minimum Gasteiger partial charge on any atom is -0.303 e. The Hall–Kier alpha value is -2.47. The van der Waals surface area contributed by atoms with Crippen molar-refractivity contribution >= 4 is 29.1 Å². The van der Waals surface area contributed by atoms with Gasteiger partial charge in [0.1, 0.15) is 5.82 Å². The van der Waals surface area contributed by atoms with E-state index in [1.807, 2.05) is 25.1 Å². The van der Waals surface area contributed by atoms with Crippen LogP contribution in [0.5, 0.6) is 0 Å². The van der Waals surface area contributed by atoms with Gasteiger partial charge in [-0.25, -0.2) is 4.39 Å². The lowest BCUT2D eigenvalue weighted by molar-refractivity contribution is -0.118. The molecule has 1 aliphatic rings. The Labute approximate surface area is 143 Å². The first-order chi connectivity index (χ1) is 11.6. The lowest BCUT2D eigenvalue weighted by Gasteiger charge is -2.05. The first-order valence-corrected chi connectivity index (χ1v) is 8.38. The molecule has 4 nitrogen and oxygen atoms in total. The van der Waals surface area contributed by atoms with Crippen molar-refractivity contribution in [1.82, 2.24) is 5.32 Å². The van der Waals surface area contributed by atoms with Gasteiger partial charge in [0.15, 0.2) is 5.17 Å². The maximum absolute atomic E-state index is 13.5. The van der Waals surface area contributed by atoms with Gasteiger partial charge in [-0.2, -0.15) is 5.10 Å². The molecule has 1 heterocycles. The van der Waals surface area contributed by atoms with Crippen molar-refractivity contribution in [2.45, 2.75) is 18.6 Å². The number of halogens is 1. The van der Waals surface area contributed by atoms with Crippen LogP contribution in [0.4, 0.5) is 4.39 Å². The molecule has 0 radical (unpaired) electrons. The zero-order valence-electron chi connectivity index (χ0n) is 13.1. The zero-order valence-corrected chi connectivity index (χ0v) is 13.9. The highest BCUT2D eigenvalue weighted by Gasteiger charge is 2.30. The summed E-state index contributed by atoms with van der Waals surface area (Å²) in [6.45, 7) is 2.02. The molecule has 24 heavy (non-hydrogen) atoms. The third-order valence-electron chi connectivity index (χ3n) is 3.53. The van der Waals surface area contributed by atoms with E-state index in [0.717, 1.165) is 5.56 Å². The third-order valence-corrected chi connectivity index (χ3v) is 4.60. The van der Waals surface area contributed by atoms with Crippen LogP contribution >= 0.6 is 11.8 Å². The van der Waals surface area contributed by atoms with Crippen LogP contribution in [0.1, 0.15) is 16.7 Å². The molecule has 0 spiro atoms. The van der Waals surface area contributed by atoms with Gasteiger partial charge in [-0.3, -0.25) is 4.79 Å². The van der Waals surface area contributed by atoms with Crippen LogP contribution in [0.15, 0.2) is 58.7 Å². The highest BCUT2D eigenvalue weighted by Crippen LogP contribution is 2.23.